The Kier molecular flexibility index (Phi) is 2.97. The lowest BCUT2D eigenvalue weighted by Gasteiger charge is -2.06. The van der Waals surface area contributed by atoms with E-state index in [0.29, 0.717) is 11.6 Å². The van der Waals surface area contributed by atoms with E-state index in [1.54, 1.807) is 13.1 Å². The number of ether oxygens (including phenoxy) is 1. The van der Waals surface area contributed by atoms with E-state index >= 15 is 0 Å². The molecular formula is C9H14N4O. The minimum atomic E-state index is -0.332. The standard InChI is InChI=1S/C9H14N4O/c1-6(2)14-9-8(11)5-13(12-9)7(3)4-10/h5-7H,11H2,1-3H3/t7-/m0/s1. The number of aromatic nitrogens is 2. The van der Waals surface area contributed by atoms with Crippen molar-refractivity contribution in [2.45, 2.75) is 32.9 Å². The number of nitrogens with two attached hydrogens (primary N) is 1. The maximum Gasteiger partial charge on any atom is 0.256 e. The Balaban J connectivity index is 2.88. The Morgan fingerprint density at radius 2 is 2.21 bits per heavy atom. The summed E-state index contributed by atoms with van der Waals surface area (Å²) in [6.07, 6.45) is 1.63. The molecule has 1 aromatic rings. The molecule has 2 N–H and O–H groups in total. The van der Waals surface area contributed by atoms with Crippen LogP contribution in [0.3, 0.4) is 0 Å². The van der Waals surface area contributed by atoms with Crippen LogP contribution >= 0.6 is 0 Å². The summed E-state index contributed by atoms with van der Waals surface area (Å²) in [5.41, 5.74) is 6.12. The zero-order chi connectivity index (χ0) is 10.7. The van der Waals surface area contributed by atoms with E-state index in [1.807, 2.05) is 13.8 Å². The van der Waals surface area contributed by atoms with Gasteiger partial charge in [-0.2, -0.15) is 5.26 Å². The number of hydrogen-bond donors (Lipinski definition) is 1. The van der Waals surface area contributed by atoms with Gasteiger partial charge in [-0.3, -0.25) is 0 Å². The Labute approximate surface area is 83.1 Å². The van der Waals surface area contributed by atoms with Crippen LogP contribution in [0.2, 0.25) is 0 Å². The molecule has 0 aromatic carbocycles. The van der Waals surface area contributed by atoms with Gasteiger partial charge in [0.15, 0.2) is 0 Å². The molecule has 1 heterocycles. The van der Waals surface area contributed by atoms with Gasteiger partial charge >= 0.3 is 0 Å². The summed E-state index contributed by atoms with van der Waals surface area (Å²) in [6, 6.07) is 1.73. The second kappa shape index (κ2) is 4.01. The average Bonchev–Trinajstić information content (AvgIpc) is 2.46. The lowest BCUT2D eigenvalue weighted by atomic mass is 10.4. The number of nitriles is 1. The van der Waals surface area contributed by atoms with E-state index < -0.39 is 0 Å². The second-order valence-electron chi connectivity index (χ2n) is 3.34. The van der Waals surface area contributed by atoms with Crippen molar-refractivity contribution in [1.82, 2.24) is 9.78 Å². The van der Waals surface area contributed by atoms with Gasteiger partial charge in [-0.1, -0.05) is 0 Å². The molecule has 0 saturated carbocycles. The largest absolute Gasteiger partial charge is 0.472 e. The molecule has 76 valence electrons. The van der Waals surface area contributed by atoms with Gasteiger partial charge in [0.25, 0.3) is 5.88 Å². The first-order valence-corrected chi connectivity index (χ1v) is 4.45. The van der Waals surface area contributed by atoms with Gasteiger partial charge in [0, 0.05) is 0 Å². The van der Waals surface area contributed by atoms with E-state index in [-0.39, 0.29) is 12.1 Å². The minimum Gasteiger partial charge on any atom is -0.472 e. The van der Waals surface area contributed by atoms with Crippen LogP contribution in [0, 0.1) is 11.3 Å². The van der Waals surface area contributed by atoms with Gasteiger partial charge in [-0.05, 0) is 20.8 Å². The van der Waals surface area contributed by atoms with Crippen molar-refractivity contribution in [1.29, 1.82) is 5.26 Å². The van der Waals surface area contributed by atoms with Crippen molar-refractivity contribution in [3.63, 3.8) is 0 Å². The highest BCUT2D eigenvalue weighted by atomic mass is 16.5. The van der Waals surface area contributed by atoms with Crippen molar-refractivity contribution < 1.29 is 4.74 Å². The van der Waals surface area contributed by atoms with Gasteiger partial charge < -0.3 is 10.5 Å². The van der Waals surface area contributed by atoms with Gasteiger partial charge in [-0.15, -0.1) is 5.10 Å². The van der Waals surface area contributed by atoms with Crippen LogP contribution in [0.15, 0.2) is 6.20 Å². The maximum absolute atomic E-state index is 8.68. The molecule has 0 amide bonds. The van der Waals surface area contributed by atoms with Crippen molar-refractivity contribution >= 4 is 5.69 Å². The van der Waals surface area contributed by atoms with Crippen LogP contribution < -0.4 is 10.5 Å². The highest BCUT2D eigenvalue weighted by Gasteiger charge is 2.11. The zero-order valence-corrected chi connectivity index (χ0v) is 8.56. The summed E-state index contributed by atoms with van der Waals surface area (Å²) >= 11 is 0. The third-order valence-corrected chi connectivity index (χ3v) is 1.66. The van der Waals surface area contributed by atoms with Crippen LogP contribution in [0.5, 0.6) is 5.88 Å². The molecule has 0 aliphatic carbocycles. The average molecular weight is 194 g/mol. The van der Waals surface area contributed by atoms with Crippen molar-refractivity contribution in [2.24, 2.45) is 0 Å². The fourth-order valence-electron chi connectivity index (χ4n) is 0.962. The number of rotatable bonds is 3. The first-order valence-electron chi connectivity index (χ1n) is 4.45. The maximum atomic E-state index is 8.68. The number of nitrogen functional groups attached to an aromatic ring is 1. The van der Waals surface area contributed by atoms with Gasteiger partial charge in [-0.25, -0.2) is 4.68 Å². The molecule has 0 unspecified atom stereocenters. The summed E-state index contributed by atoms with van der Waals surface area (Å²) in [5, 5.41) is 12.7. The van der Waals surface area contributed by atoms with Crippen LogP contribution in [-0.2, 0) is 0 Å². The van der Waals surface area contributed by atoms with E-state index in [2.05, 4.69) is 11.2 Å². The molecule has 0 aliphatic heterocycles. The molecule has 0 spiro atoms. The molecule has 0 radical (unpaired) electrons. The molecule has 1 atom stereocenters. The van der Waals surface area contributed by atoms with Crippen LogP contribution in [0.1, 0.15) is 26.8 Å². The number of hydrogen-bond acceptors (Lipinski definition) is 4. The van der Waals surface area contributed by atoms with E-state index in [4.69, 9.17) is 15.7 Å². The minimum absolute atomic E-state index is 0.0260. The second-order valence-corrected chi connectivity index (χ2v) is 3.34. The molecule has 0 aliphatic rings. The van der Waals surface area contributed by atoms with Crippen LogP contribution in [0.25, 0.3) is 0 Å². The fraction of sp³-hybridized carbons (Fsp3) is 0.556. The molecule has 0 bridgehead atoms. The Morgan fingerprint density at radius 3 is 2.71 bits per heavy atom. The highest BCUT2D eigenvalue weighted by Crippen LogP contribution is 2.21. The third-order valence-electron chi connectivity index (χ3n) is 1.66. The summed E-state index contributed by atoms with van der Waals surface area (Å²) in [7, 11) is 0. The Morgan fingerprint density at radius 1 is 1.57 bits per heavy atom. The van der Waals surface area contributed by atoms with Gasteiger partial charge in [0.2, 0.25) is 0 Å². The van der Waals surface area contributed by atoms with E-state index in [0.717, 1.165) is 0 Å². The zero-order valence-electron chi connectivity index (χ0n) is 8.56. The molecule has 5 nitrogen and oxygen atoms in total. The molecular weight excluding hydrogens is 180 g/mol. The molecule has 1 aromatic heterocycles. The van der Waals surface area contributed by atoms with E-state index in [1.165, 1.54) is 4.68 Å². The van der Waals surface area contributed by atoms with E-state index in [9.17, 15) is 0 Å². The third kappa shape index (κ3) is 2.16. The summed E-state index contributed by atoms with van der Waals surface area (Å²) in [5.74, 6) is 0.391. The smallest absolute Gasteiger partial charge is 0.256 e. The van der Waals surface area contributed by atoms with Crippen molar-refractivity contribution in [3.8, 4) is 11.9 Å². The normalized spacial score (nSPS) is 12.5. The van der Waals surface area contributed by atoms with Gasteiger partial charge in [0.1, 0.15) is 11.7 Å². The molecule has 1 rings (SSSR count). The molecule has 0 saturated heterocycles. The first kappa shape index (κ1) is 10.4. The van der Waals surface area contributed by atoms with Crippen molar-refractivity contribution in [2.75, 3.05) is 5.73 Å². The first-order chi connectivity index (χ1) is 6.54. The van der Waals surface area contributed by atoms with Crippen LogP contribution in [-0.4, -0.2) is 15.9 Å². The SMILES string of the molecule is CC(C)Oc1nn([C@@H](C)C#N)cc1N. The lowest BCUT2D eigenvalue weighted by molar-refractivity contribution is 0.231. The summed E-state index contributed by atoms with van der Waals surface area (Å²) in [4.78, 5) is 0. The predicted octanol–water partition coefficient (Wildman–Crippen LogP) is 1.34. The topological polar surface area (TPSA) is 76.9 Å². The Hall–Kier alpha value is -1.70. The number of nitrogens with zero attached hydrogens (tertiary/aromatic N) is 3. The summed E-state index contributed by atoms with van der Waals surface area (Å²) < 4.78 is 6.85. The number of anilines is 1. The lowest BCUT2D eigenvalue weighted by Crippen LogP contribution is -2.08. The quantitative estimate of drug-likeness (QED) is 0.787. The molecule has 0 fully saturated rings. The van der Waals surface area contributed by atoms with Crippen LogP contribution in [0.4, 0.5) is 5.69 Å². The fourth-order valence-corrected chi connectivity index (χ4v) is 0.962. The van der Waals surface area contributed by atoms with Crippen molar-refractivity contribution in [3.05, 3.63) is 6.20 Å². The molecule has 5 heteroatoms. The van der Waals surface area contributed by atoms with Gasteiger partial charge in [0.05, 0.1) is 18.4 Å². The predicted molar refractivity (Wildman–Crippen MR) is 52.7 cm³/mol. The Bertz CT molecular complexity index is 350. The monoisotopic (exact) mass is 194 g/mol. The summed E-state index contributed by atoms with van der Waals surface area (Å²) in [6.45, 7) is 5.53. The highest BCUT2D eigenvalue weighted by molar-refractivity contribution is 5.46. The molecule has 14 heavy (non-hydrogen) atoms.